The second-order valence-corrected chi connectivity index (χ2v) is 14.2. The first kappa shape index (κ1) is 46.6. The van der Waals surface area contributed by atoms with Crippen molar-refractivity contribution in [2.24, 2.45) is 11.7 Å². The fourth-order valence-electron chi connectivity index (χ4n) is 4.77. The van der Waals surface area contributed by atoms with Crippen molar-refractivity contribution in [3.63, 3.8) is 0 Å². The lowest BCUT2D eigenvalue weighted by molar-refractivity contribution is -0.153. The van der Waals surface area contributed by atoms with Gasteiger partial charge in [0, 0.05) is 23.8 Å². The van der Waals surface area contributed by atoms with Gasteiger partial charge in [0.2, 0.25) is 0 Å². The Morgan fingerprint density at radius 1 is 0.755 bits per heavy atom. The third-order valence-corrected chi connectivity index (χ3v) is 9.15. The predicted molar refractivity (Wildman–Crippen MR) is 201 cm³/mol. The number of carboxylic acid groups (broad SMARTS) is 1. The molecule has 0 unspecified atom stereocenters. The van der Waals surface area contributed by atoms with Gasteiger partial charge in [0.05, 0.1) is 6.10 Å². The lowest BCUT2D eigenvalue weighted by Crippen LogP contribution is -2.38. The molecule has 0 saturated carbocycles. The first-order chi connectivity index (χ1) is 23.6. The highest BCUT2D eigenvalue weighted by atomic mass is 32.2. The van der Waals surface area contributed by atoms with E-state index >= 15 is 0 Å². The largest absolute Gasteiger partial charge is 0.481 e. The highest BCUT2D eigenvalue weighted by Gasteiger charge is 2.23. The zero-order chi connectivity index (χ0) is 36.5. The Labute approximate surface area is 300 Å². The van der Waals surface area contributed by atoms with Crippen LogP contribution in [0, 0.1) is 5.92 Å². The normalized spacial score (nSPS) is 14.7. The summed E-state index contributed by atoms with van der Waals surface area (Å²) in [4.78, 5) is 35.4. The molecule has 0 radical (unpaired) electrons. The smallest absolute Gasteiger partial charge is 0.323 e. The fraction of sp³-hybridized carbons (Fsp3) is 0.718. The van der Waals surface area contributed by atoms with Crippen LogP contribution in [0.15, 0.2) is 48.6 Å². The number of carboxylic acids is 1. The van der Waals surface area contributed by atoms with Gasteiger partial charge in [-0.3, -0.25) is 14.4 Å². The minimum atomic E-state index is -1.16. The van der Waals surface area contributed by atoms with Gasteiger partial charge in [-0.05, 0) is 44.4 Å². The van der Waals surface area contributed by atoms with Gasteiger partial charge in [0.25, 0.3) is 0 Å². The average Bonchev–Trinajstić information content (AvgIpc) is 3.06. The molecule has 0 aliphatic heterocycles. The maximum absolute atomic E-state index is 12.5. The number of unbranched alkanes of at least 4 members (excludes halogenated alkanes) is 9. The molecule has 4 atom stereocenters. The summed E-state index contributed by atoms with van der Waals surface area (Å²) in [5, 5.41) is 29.4. The van der Waals surface area contributed by atoms with E-state index in [0.29, 0.717) is 12.8 Å². The van der Waals surface area contributed by atoms with Crippen LogP contribution >= 0.6 is 11.8 Å². The quantitative estimate of drug-likeness (QED) is 0.0235. The summed E-state index contributed by atoms with van der Waals surface area (Å²) in [6.07, 6.45) is 29.3. The van der Waals surface area contributed by atoms with E-state index in [-0.39, 0.29) is 37.8 Å². The van der Waals surface area contributed by atoms with Crippen molar-refractivity contribution in [3.05, 3.63) is 48.6 Å². The van der Waals surface area contributed by atoms with E-state index in [2.05, 4.69) is 39.0 Å². The van der Waals surface area contributed by atoms with Crippen LogP contribution in [-0.4, -0.2) is 75.7 Å². The molecule has 5 N–H and O–H groups in total. The van der Waals surface area contributed by atoms with Gasteiger partial charge >= 0.3 is 17.9 Å². The minimum Gasteiger partial charge on any atom is -0.481 e. The van der Waals surface area contributed by atoms with Crippen molar-refractivity contribution in [3.8, 4) is 0 Å². The molecule has 0 aliphatic rings. The van der Waals surface area contributed by atoms with E-state index in [9.17, 15) is 24.6 Å². The molecular formula is C39H67NO8S. The van der Waals surface area contributed by atoms with Crippen molar-refractivity contribution >= 4 is 29.7 Å². The van der Waals surface area contributed by atoms with Crippen LogP contribution in [-0.2, 0) is 23.9 Å². The lowest BCUT2D eigenvalue weighted by atomic mass is 10.0. The number of ether oxygens (including phenoxy) is 2. The zero-order valence-corrected chi connectivity index (χ0v) is 31.3. The maximum atomic E-state index is 12.5. The van der Waals surface area contributed by atoms with Gasteiger partial charge in [0.1, 0.15) is 25.4 Å². The number of hydrogen-bond donors (Lipinski definition) is 4. The second-order valence-electron chi connectivity index (χ2n) is 13.0. The minimum absolute atomic E-state index is 0.0435. The number of carbonyl (C=O) groups excluding carboxylic acids is 2. The summed E-state index contributed by atoms with van der Waals surface area (Å²) >= 11 is 1.27. The van der Waals surface area contributed by atoms with E-state index in [4.69, 9.17) is 20.3 Å². The van der Waals surface area contributed by atoms with Gasteiger partial charge < -0.3 is 30.5 Å². The van der Waals surface area contributed by atoms with E-state index in [1.54, 1.807) is 12.2 Å². The average molecular weight is 710 g/mol. The number of aliphatic hydroxyl groups is 2. The number of esters is 2. The molecule has 9 nitrogen and oxygen atoms in total. The van der Waals surface area contributed by atoms with Gasteiger partial charge in [-0.25, -0.2) is 0 Å². The molecule has 282 valence electrons. The van der Waals surface area contributed by atoms with Crippen LogP contribution in [0.3, 0.4) is 0 Å². The van der Waals surface area contributed by atoms with Crippen LogP contribution < -0.4 is 5.73 Å². The number of aliphatic carboxylic acids is 1. The molecule has 0 aromatic carbocycles. The van der Waals surface area contributed by atoms with Crippen molar-refractivity contribution in [2.75, 3.05) is 19.0 Å². The molecule has 0 spiro atoms. The number of hydrogen-bond acceptors (Lipinski definition) is 9. The van der Waals surface area contributed by atoms with Crippen molar-refractivity contribution < 1.29 is 39.2 Å². The Balaban J connectivity index is 4.50. The van der Waals surface area contributed by atoms with Gasteiger partial charge in [-0.15, -0.1) is 11.8 Å². The Morgan fingerprint density at radius 2 is 1.43 bits per heavy atom. The molecule has 0 heterocycles. The van der Waals surface area contributed by atoms with Crippen LogP contribution in [0.25, 0.3) is 0 Å². The molecular weight excluding hydrogens is 642 g/mol. The molecule has 0 fully saturated rings. The van der Waals surface area contributed by atoms with Gasteiger partial charge in [0.15, 0.2) is 0 Å². The summed E-state index contributed by atoms with van der Waals surface area (Å²) in [7, 11) is 0. The topological polar surface area (TPSA) is 156 Å². The molecule has 0 bridgehead atoms. The van der Waals surface area contributed by atoms with E-state index in [1.807, 2.05) is 18.2 Å². The second kappa shape index (κ2) is 32.8. The Bertz CT molecular complexity index is 965. The number of nitrogens with two attached hydrogens (primary N) is 1. The summed E-state index contributed by atoms with van der Waals surface area (Å²) < 4.78 is 10.3. The first-order valence-electron chi connectivity index (χ1n) is 18.5. The third kappa shape index (κ3) is 31.3. The SMILES string of the molecule is CCCCC/C=C\C\C=C/C=C/C=C/[C@@H](SC[C@H](N)C(=O)OC[C@@H](O)COC(=O)CCCCCCCCCC(C)C)[C@@H](O)CCCC(=O)O. The summed E-state index contributed by atoms with van der Waals surface area (Å²) in [5.74, 6) is -1.12. The number of carbonyl (C=O) groups is 3. The van der Waals surface area contributed by atoms with Gasteiger partial charge in [-0.1, -0.05) is 127 Å². The number of aliphatic hydroxyl groups excluding tert-OH is 2. The third-order valence-electron chi connectivity index (χ3n) is 7.74. The highest BCUT2D eigenvalue weighted by Crippen LogP contribution is 2.21. The molecule has 0 aromatic heterocycles. The predicted octanol–water partition coefficient (Wildman–Crippen LogP) is 7.84. The van der Waals surface area contributed by atoms with Crippen molar-refractivity contribution in [1.29, 1.82) is 0 Å². The Kier molecular flexibility index (Phi) is 31.2. The molecule has 49 heavy (non-hydrogen) atoms. The van der Waals surface area contributed by atoms with E-state index in [0.717, 1.165) is 38.0 Å². The van der Waals surface area contributed by atoms with Crippen LogP contribution in [0.4, 0.5) is 0 Å². The molecule has 10 heteroatoms. The van der Waals surface area contributed by atoms with Crippen molar-refractivity contribution in [2.45, 2.75) is 153 Å². The lowest BCUT2D eigenvalue weighted by Gasteiger charge is -2.21. The van der Waals surface area contributed by atoms with Gasteiger partial charge in [-0.2, -0.15) is 0 Å². The highest BCUT2D eigenvalue weighted by molar-refractivity contribution is 8.00. The maximum Gasteiger partial charge on any atom is 0.323 e. The molecule has 0 amide bonds. The zero-order valence-electron chi connectivity index (χ0n) is 30.5. The summed E-state index contributed by atoms with van der Waals surface area (Å²) in [6, 6.07) is -1.01. The first-order valence-corrected chi connectivity index (χ1v) is 19.5. The number of thioether (sulfide) groups is 1. The fourth-order valence-corrected chi connectivity index (χ4v) is 5.89. The molecule has 0 aromatic rings. The summed E-state index contributed by atoms with van der Waals surface area (Å²) in [6.45, 7) is 6.07. The number of allylic oxidation sites excluding steroid dienone is 7. The monoisotopic (exact) mass is 709 g/mol. The Hall–Kier alpha value is -2.40. The Morgan fingerprint density at radius 3 is 2.12 bits per heavy atom. The molecule has 0 rings (SSSR count). The van der Waals surface area contributed by atoms with Crippen LogP contribution in [0.5, 0.6) is 0 Å². The van der Waals surface area contributed by atoms with Crippen LogP contribution in [0.1, 0.15) is 130 Å². The standard InChI is InChI=1S/C39H67NO8S/c1-4-5-6-7-8-9-10-11-12-15-18-21-26-36(35(42)25-23-27-37(43)44)49-31-34(40)39(46)48-30-33(41)29-47-38(45)28-22-19-16-13-14-17-20-24-32(2)3/h8-9,11-12,15,18,21,26,32-36,41-42H,4-7,10,13-14,16-17,19-20,22-25,27-31,40H2,1-3H3,(H,43,44)/b9-8-,12-11-,18-15+,26-21+/t33-,34-,35-,36+/m0/s1. The van der Waals surface area contributed by atoms with E-state index in [1.165, 1.54) is 63.1 Å². The molecule has 0 aliphatic carbocycles. The molecule has 0 saturated heterocycles. The number of rotatable bonds is 32. The van der Waals surface area contributed by atoms with Crippen molar-refractivity contribution in [1.82, 2.24) is 0 Å². The van der Waals surface area contributed by atoms with Crippen LogP contribution in [0.2, 0.25) is 0 Å². The summed E-state index contributed by atoms with van der Waals surface area (Å²) in [5.41, 5.74) is 6.03. The van der Waals surface area contributed by atoms with E-state index < -0.39 is 35.4 Å².